The summed E-state index contributed by atoms with van der Waals surface area (Å²) in [7, 11) is 0. The molecule has 5 rings (SSSR count). The van der Waals surface area contributed by atoms with Crippen LogP contribution in [0.25, 0.3) is 20.7 Å². The van der Waals surface area contributed by atoms with Gasteiger partial charge in [-0.25, -0.2) is 15.0 Å². The summed E-state index contributed by atoms with van der Waals surface area (Å²) in [4.78, 5) is 24.6. The first kappa shape index (κ1) is 16.1. The average molecular weight is 374 g/mol. The Hall–Kier alpha value is -3.06. The number of nitrogens with zero attached hydrogens (tertiary/aromatic N) is 6. The first-order valence-electron chi connectivity index (χ1n) is 8.94. The second-order valence-electron chi connectivity index (χ2n) is 6.43. The van der Waals surface area contributed by atoms with Crippen molar-refractivity contribution in [2.24, 2.45) is 0 Å². The molecule has 1 aliphatic rings. The molecule has 1 saturated heterocycles. The van der Waals surface area contributed by atoms with Crippen molar-refractivity contribution in [3.8, 4) is 10.4 Å². The number of fused-ring (bicyclic) bond motifs is 1. The molecule has 0 spiro atoms. The van der Waals surface area contributed by atoms with E-state index in [4.69, 9.17) is 0 Å². The lowest BCUT2D eigenvalue weighted by Crippen LogP contribution is -2.47. The Morgan fingerprint density at radius 2 is 1.67 bits per heavy atom. The van der Waals surface area contributed by atoms with Crippen molar-refractivity contribution in [2.75, 3.05) is 36.0 Å². The van der Waals surface area contributed by atoms with E-state index >= 15 is 0 Å². The van der Waals surface area contributed by atoms with Crippen molar-refractivity contribution in [2.45, 2.75) is 0 Å². The lowest BCUT2D eigenvalue weighted by molar-refractivity contribution is 0.642. The highest BCUT2D eigenvalue weighted by Gasteiger charge is 2.21. The summed E-state index contributed by atoms with van der Waals surface area (Å²) >= 11 is 1.72. The molecule has 4 heterocycles. The van der Waals surface area contributed by atoms with Crippen molar-refractivity contribution < 1.29 is 0 Å². The van der Waals surface area contributed by atoms with Crippen molar-refractivity contribution >= 4 is 33.2 Å². The first-order chi connectivity index (χ1) is 13.4. The maximum atomic E-state index is 4.61. The third-order valence-corrected chi connectivity index (χ3v) is 5.91. The zero-order valence-electron chi connectivity index (χ0n) is 14.7. The number of hydrogen-bond acceptors (Lipinski definition) is 7. The number of benzene rings is 1. The van der Waals surface area contributed by atoms with Crippen LogP contribution in [0.4, 0.5) is 11.6 Å². The standard InChI is InChI=1S/C20H18N6S/c1-2-4-15(5-3-1)17-12-16-19(23-14-24-20(16)27-17)26-10-8-25(9-11-26)18-13-21-6-7-22-18/h1-7,12-14H,8-11H2. The first-order valence-corrected chi connectivity index (χ1v) is 9.76. The summed E-state index contributed by atoms with van der Waals surface area (Å²) in [6.45, 7) is 3.61. The fourth-order valence-electron chi connectivity index (χ4n) is 3.44. The molecule has 134 valence electrons. The third-order valence-electron chi connectivity index (χ3n) is 4.82. The van der Waals surface area contributed by atoms with E-state index in [1.165, 1.54) is 10.4 Å². The molecular formula is C20H18N6S. The second kappa shape index (κ2) is 6.92. The molecule has 0 amide bonds. The predicted molar refractivity (Wildman–Crippen MR) is 109 cm³/mol. The van der Waals surface area contributed by atoms with Gasteiger partial charge in [0, 0.05) is 43.4 Å². The van der Waals surface area contributed by atoms with Crippen molar-refractivity contribution in [1.29, 1.82) is 0 Å². The fraction of sp³-hybridized carbons (Fsp3) is 0.200. The Labute approximate surface area is 161 Å². The van der Waals surface area contributed by atoms with Crippen LogP contribution < -0.4 is 9.80 Å². The SMILES string of the molecule is c1ccc(-c2cc3c(N4CCN(c5cnccn5)CC4)ncnc3s2)cc1. The lowest BCUT2D eigenvalue weighted by atomic mass is 10.2. The highest BCUT2D eigenvalue weighted by atomic mass is 32.1. The van der Waals surface area contributed by atoms with Crippen molar-refractivity contribution in [3.63, 3.8) is 0 Å². The van der Waals surface area contributed by atoms with Crippen LogP contribution in [0.5, 0.6) is 0 Å². The zero-order valence-corrected chi connectivity index (χ0v) is 15.5. The summed E-state index contributed by atoms with van der Waals surface area (Å²) in [5.41, 5.74) is 1.22. The number of aromatic nitrogens is 4. The summed E-state index contributed by atoms with van der Waals surface area (Å²) in [5, 5.41) is 1.13. The van der Waals surface area contributed by atoms with Crippen LogP contribution in [0, 0.1) is 0 Å². The molecule has 0 bridgehead atoms. The van der Waals surface area contributed by atoms with Gasteiger partial charge in [0.15, 0.2) is 0 Å². The van der Waals surface area contributed by atoms with Gasteiger partial charge in [0.05, 0.1) is 11.6 Å². The molecule has 7 heteroatoms. The van der Waals surface area contributed by atoms with Gasteiger partial charge in [0.25, 0.3) is 0 Å². The van der Waals surface area contributed by atoms with Crippen LogP contribution in [0.15, 0.2) is 61.3 Å². The van der Waals surface area contributed by atoms with Gasteiger partial charge < -0.3 is 9.80 Å². The molecule has 1 fully saturated rings. The normalized spacial score (nSPS) is 14.7. The van der Waals surface area contributed by atoms with Gasteiger partial charge in [-0.3, -0.25) is 4.98 Å². The van der Waals surface area contributed by atoms with Gasteiger partial charge in [0.1, 0.15) is 22.8 Å². The van der Waals surface area contributed by atoms with Crippen LogP contribution >= 0.6 is 11.3 Å². The van der Waals surface area contributed by atoms with Crippen LogP contribution in [0.3, 0.4) is 0 Å². The van der Waals surface area contributed by atoms with Gasteiger partial charge in [-0.2, -0.15) is 0 Å². The zero-order chi connectivity index (χ0) is 18.1. The quantitative estimate of drug-likeness (QED) is 0.547. The van der Waals surface area contributed by atoms with Crippen molar-refractivity contribution in [1.82, 2.24) is 19.9 Å². The fourth-order valence-corrected chi connectivity index (χ4v) is 4.44. The Kier molecular flexibility index (Phi) is 4.14. The van der Waals surface area contributed by atoms with Gasteiger partial charge in [-0.05, 0) is 11.6 Å². The Balaban J connectivity index is 1.42. The molecule has 0 saturated carbocycles. The predicted octanol–water partition coefficient (Wildman–Crippen LogP) is 3.47. The minimum Gasteiger partial charge on any atom is -0.352 e. The van der Waals surface area contributed by atoms with Gasteiger partial charge in [-0.1, -0.05) is 30.3 Å². The minimum atomic E-state index is 0.902. The van der Waals surface area contributed by atoms with E-state index in [-0.39, 0.29) is 0 Å². The number of hydrogen-bond donors (Lipinski definition) is 0. The average Bonchev–Trinajstić information content (AvgIpc) is 3.20. The Morgan fingerprint density at radius 3 is 2.44 bits per heavy atom. The van der Waals surface area contributed by atoms with E-state index in [0.717, 1.165) is 48.0 Å². The Morgan fingerprint density at radius 1 is 0.852 bits per heavy atom. The lowest BCUT2D eigenvalue weighted by Gasteiger charge is -2.36. The summed E-state index contributed by atoms with van der Waals surface area (Å²) in [6.07, 6.45) is 6.95. The number of thiophene rings is 1. The van der Waals surface area contributed by atoms with Crippen LogP contribution in [0.2, 0.25) is 0 Å². The number of piperazine rings is 1. The molecular weight excluding hydrogens is 356 g/mol. The smallest absolute Gasteiger partial charge is 0.147 e. The van der Waals surface area contributed by atoms with E-state index in [2.05, 4.69) is 60.1 Å². The third kappa shape index (κ3) is 3.10. The maximum Gasteiger partial charge on any atom is 0.147 e. The molecule has 6 nitrogen and oxygen atoms in total. The summed E-state index contributed by atoms with van der Waals surface area (Å²) in [5.74, 6) is 1.96. The van der Waals surface area contributed by atoms with E-state index in [1.807, 2.05) is 12.3 Å². The van der Waals surface area contributed by atoms with E-state index in [9.17, 15) is 0 Å². The highest BCUT2D eigenvalue weighted by molar-refractivity contribution is 7.21. The molecule has 0 radical (unpaired) electrons. The largest absolute Gasteiger partial charge is 0.352 e. The van der Waals surface area contributed by atoms with E-state index < -0.39 is 0 Å². The molecule has 0 N–H and O–H groups in total. The topological polar surface area (TPSA) is 58.0 Å². The molecule has 0 aliphatic carbocycles. The summed E-state index contributed by atoms with van der Waals surface area (Å²) < 4.78 is 0. The van der Waals surface area contributed by atoms with Crippen LogP contribution in [-0.4, -0.2) is 46.1 Å². The van der Waals surface area contributed by atoms with Gasteiger partial charge >= 0.3 is 0 Å². The number of rotatable bonds is 3. The summed E-state index contributed by atoms with van der Waals surface area (Å²) in [6, 6.07) is 12.7. The molecule has 0 atom stereocenters. The number of anilines is 2. The highest BCUT2D eigenvalue weighted by Crippen LogP contribution is 2.36. The van der Waals surface area contributed by atoms with E-state index in [1.54, 1.807) is 30.1 Å². The molecule has 1 aliphatic heterocycles. The maximum absolute atomic E-state index is 4.61. The Bertz CT molecular complexity index is 1040. The second-order valence-corrected chi connectivity index (χ2v) is 7.46. The monoisotopic (exact) mass is 374 g/mol. The van der Waals surface area contributed by atoms with Gasteiger partial charge in [0.2, 0.25) is 0 Å². The molecule has 3 aromatic heterocycles. The van der Waals surface area contributed by atoms with Crippen LogP contribution in [-0.2, 0) is 0 Å². The molecule has 0 unspecified atom stereocenters. The molecule has 1 aromatic carbocycles. The molecule has 27 heavy (non-hydrogen) atoms. The van der Waals surface area contributed by atoms with Crippen LogP contribution in [0.1, 0.15) is 0 Å². The van der Waals surface area contributed by atoms with E-state index in [0.29, 0.717) is 0 Å². The molecule has 4 aromatic rings. The minimum absolute atomic E-state index is 0.902. The van der Waals surface area contributed by atoms with Gasteiger partial charge in [-0.15, -0.1) is 11.3 Å². The van der Waals surface area contributed by atoms with Crippen molar-refractivity contribution in [3.05, 3.63) is 61.3 Å².